The number of halogens is 1. The number of likely N-dealkylation sites (tertiary alicyclic amines) is 1. The number of fused-ring (bicyclic) bond motifs is 3. The van der Waals surface area contributed by atoms with Gasteiger partial charge in [0, 0.05) is 31.1 Å². The van der Waals surface area contributed by atoms with Gasteiger partial charge in [-0.1, -0.05) is 67.8 Å². The van der Waals surface area contributed by atoms with Crippen molar-refractivity contribution in [3.05, 3.63) is 76.3 Å². The van der Waals surface area contributed by atoms with E-state index in [1.807, 2.05) is 47.0 Å². The monoisotopic (exact) mass is 593 g/mol. The van der Waals surface area contributed by atoms with Gasteiger partial charge >= 0.3 is 12.1 Å². The molecule has 1 spiro atoms. The van der Waals surface area contributed by atoms with Crippen LogP contribution in [-0.4, -0.2) is 56.9 Å². The Hall–Kier alpha value is -3.17. The Labute approximate surface area is 236 Å². The highest BCUT2D eigenvalue weighted by molar-refractivity contribution is 9.10. The summed E-state index contributed by atoms with van der Waals surface area (Å²) in [7, 11) is 1.86. The lowest BCUT2D eigenvalue weighted by Gasteiger charge is -2.40. The van der Waals surface area contributed by atoms with Crippen molar-refractivity contribution in [2.45, 2.75) is 55.6 Å². The molecule has 1 N–H and O–H groups in total. The van der Waals surface area contributed by atoms with E-state index in [0.717, 1.165) is 43.2 Å². The number of carbonyl (C=O) groups excluding carboxylic acids is 1. The molecule has 3 aliphatic rings. The summed E-state index contributed by atoms with van der Waals surface area (Å²) >= 11 is 3.45. The number of aromatic nitrogens is 2. The minimum atomic E-state index is -1.06. The number of benzene rings is 2. The van der Waals surface area contributed by atoms with Crippen LogP contribution in [0.5, 0.6) is 0 Å². The van der Waals surface area contributed by atoms with E-state index < -0.39 is 23.7 Å². The molecule has 2 heterocycles. The summed E-state index contributed by atoms with van der Waals surface area (Å²) in [6, 6.07) is 16.6. The standard InChI is InChI=1S/C30H32BrN3O5/c1-33-15-25(31)32-27(33)30(39-17-26(35)36)18-29(13-7-2-8-14-29)34(19-30)28(37)38-16-24-22-11-5-3-9-20(22)21-10-4-6-12-23(21)24/h3-6,9-12,15,24H,2,7-8,13-14,16-19H2,1H3,(H,35,36). The molecule has 1 saturated heterocycles. The first-order chi connectivity index (χ1) is 18.8. The Morgan fingerprint density at radius 1 is 1.05 bits per heavy atom. The van der Waals surface area contributed by atoms with Gasteiger partial charge in [0.1, 0.15) is 29.2 Å². The van der Waals surface area contributed by atoms with E-state index in [2.05, 4.69) is 45.2 Å². The summed E-state index contributed by atoms with van der Waals surface area (Å²) in [6.45, 7) is -0.0519. The molecule has 1 aromatic heterocycles. The minimum absolute atomic E-state index is 0.0372. The Morgan fingerprint density at radius 2 is 1.69 bits per heavy atom. The summed E-state index contributed by atoms with van der Waals surface area (Å²) in [4.78, 5) is 32.0. The van der Waals surface area contributed by atoms with Crippen LogP contribution in [0.3, 0.4) is 0 Å². The number of carboxylic acids is 1. The maximum absolute atomic E-state index is 13.9. The number of amides is 1. The van der Waals surface area contributed by atoms with Crippen LogP contribution in [0, 0.1) is 0 Å². The second-order valence-corrected chi connectivity index (χ2v) is 11.8. The maximum Gasteiger partial charge on any atom is 0.410 e. The molecule has 204 valence electrons. The first-order valence-corrected chi connectivity index (χ1v) is 14.3. The van der Waals surface area contributed by atoms with E-state index in [4.69, 9.17) is 9.47 Å². The van der Waals surface area contributed by atoms with E-state index in [1.165, 1.54) is 11.1 Å². The highest BCUT2D eigenvalue weighted by atomic mass is 79.9. The summed E-state index contributed by atoms with van der Waals surface area (Å²) in [6.07, 6.45) is 6.66. The molecule has 2 aromatic carbocycles. The third-order valence-corrected chi connectivity index (χ3v) is 9.05. The van der Waals surface area contributed by atoms with Gasteiger partial charge in [-0.2, -0.15) is 0 Å². The van der Waals surface area contributed by atoms with Crippen molar-refractivity contribution in [1.29, 1.82) is 0 Å². The largest absolute Gasteiger partial charge is 0.480 e. The van der Waals surface area contributed by atoms with Gasteiger partial charge in [0.25, 0.3) is 0 Å². The smallest absolute Gasteiger partial charge is 0.410 e. The molecule has 9 heteroatoms. The number of nitrogens with zero attached hydrogens (tertiary/aromatic N) is 3. The fraction of sp³-hybridized carbons (Fsp3) is 0.433. The molecule has 1 amide bonds. The average molecular weight is 595 g/mol. The highest BCUT2D eigenvalue weighted by Crippen LogP contribution is 2.51. The number of carbonyl (C=O) groups is 2. The predicted molar refractivity (Wildman–Crippen MR) is 148 cm³/mol. The second-order valence-electron chi connectivity index (χ2n) is 11.0. The Bertz CT molecular complexity index is 1370. The van der Waals surface area contributed by atoms with Crippen LogP contribution in [0.1, 0.15) is 61.4 Å². The van der Waals surface area contributed by atoms with E-state index >= 15 is 0 Å². The first kappa shape index (κ1) is 26.1. The molecule has 1 unspecified atom stereocenters. The topological polar surface area (TPSA) is 93.9 Å². The number of carboxylic acid groups (broad SMARTS) is 1. The zero-order chi connectivity index (χ0) is 27.2. The molecule has 0 radical (unpaired) electrons. The normalized spacial score (nSPS) is 21.6. The lowest BCUT2D eigenvalue weighted by molar-refractivity contribution is -0.150. The van der Waals surface area contributed by atoms with E-state index in [1.54, 1.807) is 0 Å². The van der Waals surface area contributed by atoms with E-state index in [0.29, 0.717) is 16.8 Å². The number of rotatable bonds is 6. The van der Waals surface area contributed by atoms with Crippen LogP contribution in [0.4, 0.5) is 4.79 Å². The lowest BCUT2D eigenvalue weighted by Crippen LogP contribution is -2.49. The van der Waals surface area contributed by atoms with Crippen molar-refractivity contribution in [2.24, 2.45) is 7.05 Å². The van der Waals surface area contributed by atoms with Crippen LogP contribution in [-0.2, 0) is 26.9 Å². The molecular formula is C30H32BrN3O5. The van der Waals surface area contributed by atoms with Crippen LogP contribution >= 0.6 is 15.9 Å². The van der Waals surface area contributed by atoms with Gasteiger partial charge in [0.2, 0.25) is 0 Å². The number of ether oxygens (including phenoxy) is 2. The average Bonchev–Trinajstić information content (AvgIpc) is 3.56. The molecular weight excluding hydrogens is 562 g/mol. The third-order valence-electron chi connectivity index (χ3n) is 8.67. The summed E-state index contributed by atoms with van der Waals surface area (Å²) in [5, 5.41) is 9.49. The van der Waals surface area contributed by atoms with Gasteiger partial charge in [-0.25, -0.2) is 14.6 Å². The number of hydrogen-bond acceptors (Lipinski definition) is 5. The first-order valence-electron chi connectivity index (χ1n) is 13.5. The van der Waals surface area contributed by atoms with Gasteiger partial charge < -0.3 is 19.1 Å². The molecule has 1 saturated carbocycles. The number of imidazole rings is 1. The van der Waals surface area contributed by atoms with E-state index in [-0.39, 0.29) is 25.2 Å². The molecule has 2 aliphatic carbocycles. The summed E-state index contributed by atoms with van der Waals surface area (Å²) in [5.41, 5.74) is 3.16. The maximum atomic E-state index is 13.9. The molecule has 6 rings (SSSR count). The lowest BCUT2D eigenvalue weighted by atomic mass is 9.77. The van der Waals surface area contributed by atoms with Crippen LogP contribution < -0.4 is 0 Å². The Kier molecular flexibility index (Phi) is 6.75. The van der Waals surface area contributed by atoms with Crippen molar-refractivity contribution in [1.82, 2.24) is 14.5 Å². The second kappa shape index (κ2) is 10.1. The van der Waals surface area contributed by atoms with Gasteiger partial charge in [-0.3, -0.25) is 4.90 Å². The fourth-order valence-electron chi connectivity index (χ4n) is 7.06. The number of hydrogen-bond donors (Lipinski definition) is 1. The van der Waals surface area contributed by atoms with Crippen LogP contribution in [0.15, 0.2) is 59.3 Å². The van der Waals surface area contributed by atoms with Crippen molar-refractivity contribution in [3.8, 4) is 11.1 Å². The molecule has 0 bridgehead atoms. The Balaban J connectivity index is 1.31. The van der Waals surface area contributed by atoms with Gasteiger partial charge in [0.15, 0.2) is 0 Å². The Morgan fingerprint density at radius 3 is 2.28 bits per heavy atom. The number of aliphatic carboxylic acids is 1. The van der Waals surface area contributed by atoms with E-state index in [9.17, 15) is 14.7 Å². The molecule has 2 fully saturated rings. The minimum Gasteiger partial charge on any atom is -0.480 e. The van der Waals surface area contributed by atoms with Gasteiger partial charge in [-0.15, -0.1) is 0 Å². The predicted octanol–water partition coefficient (Wildman–Crippen LogP) is 5.84. The SMILES string of the molecule is Cn1cc(Br)nc1C1(OCC(=O)O)CN(C(=O)OCC2c3ccccc3-c3ccccc32)C2(CCCCC2)C1. The van der Waals surface area contributed by atoms with Gasteiger partial charge in [-0.05, 0) is 51.0 Å². The summed E-state index contributed by atoms with van der Waals surface area (Å²) in [5.74, 6) is -0.487. The molecule has 3 aromatic rings. The summed E-state index contributed by atoms with van der Waals surface area (Å²) < 4.78 is 14.8. The van der Waals surface area contributed by atoms with Crippen LogP contribution in [0.2, 0.25) is 0 Å². The van der Waals surface area contributed by atoms with Crippen molar-refractivity contribution in [3.63, 3.8) is 0 Å². The van der Waals surface area contributed by atoms with Crippen LogP contribution in [0.25, 0.3) is 11.1 Å². The van der Waals surface area contributed by atoms with Crippen molar-refractivity contribution < 1.29 is 24.2 Å². The highest BCUT2D eigenvalue weighted by Gasteiger charge is 2.59. The van der Waals surface area contributed by atoms with Gasteiger partial charge in [0.05, 0.1) is 6.54 Å². The number of aryl methyl sites for hydroxylation is 1. The third kappa shape index (κ3) is 4.55. The van der Waals surface area contributed by atoms with Crippen molar-refractivity contribution >= 4 is 28.0 Å². The molecule has 8 nitrogen and oxygen atoms in total. The quantitative estimate of drug-likeness (QED) is 0.386. The zero-order valence-electron chi connectivity index (χ0n) is 21.9. The molecule has 1 atom stereocenters. The zero-order valence-corrected chi connectivity index (χ0v) is 23.5. The fourth-order valence-corrected chi connectivity index (χ4v) is 7.53. The van der Waals surface area contributed by atoms with Crippen molar-refractivity contribution in [2.75, 3.05) is 19.8 Å². The molecule has 1 aliphatic heterocycles. The molecule has 39 heavy (non-hydrogen) atoms.